The Morgan fingerprint density at radius 2 is 1.74 bits per heavy atom. The first-order chi connectivity index (χ1) is 11.3. The van der Waals surface area contributed by atoms with Crippen LogP contribution in [0.25, 0.3) is 10.4 Å². The van der Waals surface area contributed by atoms with Crippen LogP contribution in [-0.2, 0) is 0 Å². The summed E-state index contributed by atoms with van der Waals surface area (Å²) >= 11 is 0. The Bertz CT molecular complexity index is 732. The zero-order chi connectivity index (χ0) is 16.1. The second-order valence-electron chi connectivity index (χ2n) is 5.35. The SMILES string of the molecule is [N-]=[N+]=Nc1cccc(C(=O)N2CCN(c3ccccc3)CC2)c1. The molecular formula is C17H17N5O. The van der Waals surface area contributed by atoms with E-state index in [0.29, 0.717) is 24.3 Å². The minimum absolute atomic E-state index is 0.0206. The molecule has 2 aromatic carbocycles. The standard InChI is InChI=1S/C17H17N5O/c18-20-19-15-6-4-5-14(13-15)17(23)22-11-9-21(10-12-22)16-7-2-1-3-8-16/h1-8,13H,9-12H2. The van der Waals surface area contributed by atoms with Crippen molar-refractivity contribution >= 4 is 17.3 Å². The summed E-state index contributed by atoms with van der Waals surface area (Å²) in [7, 11) is 0. The Labute approximate surface area is 134 Å². The van der Waals surface area contributed by atoms with Crippen molar-refractivity contribution in [2.45, 2.75) is 0 Å². The van der Waals surface area contributed by atoms with E-state index in [1.165, 1.54) is 5.69 Å². The highest BCUT2D eigenvalue weighted by molar-refractivity contribution is 5.95. The minimum atomic E-state index is -0.0206. The van der Waals surface area contributed by atoms with Gasteiger partial charge in [-0.25, -0.2) is 0 Å². The number of hydrogen-bond acceptors (Lipinski definition) is 3. The fraction of sp³-hybridized carbons (Fsp3) is 0.235. The lowest BCUT2D eigenvalue weighted by Crippen LogP contribution is -2.48. The molecule has 6 heteroatoms. The molecule has 23 heavy (non-hydrogen) atoms. The summed E-state index contributed by atoms with van der Waals surface area (Å²) in [4.78, 5) is 19.4. The van der Waals surface area contributed by atoms with Gasteiger partial charge in [-0.2, -0.15) is 0 Å². The summed E-state index contributed by atoms with van der Waals surface area (Å²) in [5.41, 5.74) is 10.7. The quantitative estimate of drug-likeness (QED) is 0.494. The molecule has 0 saturated carbocycles. The first-order valence-corrected chi connectivity index (χ1v) is 7.52. The van der Waals surface area contributed by atoms with Crippen LogP contribution in [0.4, 0.5) is 11.4 Å². The van der Waals surface area contributed by atoms with Gasteiger partial charge in [0.15, 0.2) is 0 Å². The molecule has 2 aromatic rings. The van der Waals surface area contributed by atoms with E-state index in [1.54, 1.807) is 24.3 Å². The van der Waals surface area contributed by atoms with Crippen LogP contribution < -0.4 is 4.90 Å². The summed E-state index contributed by atoms with van der Waals surface area (Å²) < 4.78 is 0. The Morgan fingerprint density at radius 1 is 1.00 bits per heavy atom. The van der Waals surface area contributed by atoms with Gasteiger partial charge in [0, 0.05) is 48.0 Å². The fourth-order valence-corrected chi connectivity index (χ4v) is 2.74. The summed E-state index contributed by atoms with van der Waals surface area (Å²) in [5, 5.41) is 3.55. The number of para-hydroxylation sites is 1. The van der Waals surface area contributed by atoms with E-state index >= 15 is 0 Å². The maximum Gasteiger partial charge on any atom is 0.253 e. The second-order valence-corrected chi connectivity index (χ2v) is 5.35. The highest BCUT2D eigenvalue weighted by atomic mass is 16.2. The van der Waals surface area contributed by atoms with Gasteiger partial charge in [0.2, 0.25) is 0 Å². The highest BCUT2D eigenvalue weighted by Gasteiger charge is 2.22. The van der Waals surface area contributed by atoms with Crippen molar-refractivity contribution in [2.24, 2.45) is 5.11 Å². The van der Waals surface area contributed by atoms with E-state index < -0.39 is 0 Å². The molecule has 1 heterocycles. The smallest absolute Gasteiger partial charge is 0.253 e. The molecule has 1 saturated heterocycles. The number of benzene rings is 2. The van der Waals surface area contributed by atoms with Gasteiger partial charge < -0.3 is 9.80 Å². The maximum atomic E-state index is 12.6. The average molecular weight is 307 g/mol. The molecule has 0 radical (unpaired) electrons. The van der Waals surface area contributed by atoms with E-state index in [-0.39, 0.29) is 5.91 Å². The number of amides is 1. The van der Waals surface area contributed by atoms with Crippen molar-refractivity contribution in [3.63, 3.8) is 0 Å². The third-order valence-corrected chi connectivity index (χ3v) is 3.94. The molecule has 0 aromatic heterocycles. The van der Waals surface area contributed by atoms with Crippen LogP contribution in [0, 0.1) is 0 Å². The Kier molecular flexibility index (Phi) is 4.45. The summed E-state index contributed by atoms with van der Waals surface area (Å²) in [6, 6.07) is 17.0. The number of azide groups is 1. The Morgan fingerprint density at radius 3 is 2.43 bits per heavy atom. The van der Waals surface area contributed by atoms with Crippen molar-refractivity contribution in [1.29, 1.82) is 0 Å². The summed E-state index contributed by atoms with van der Waals surface area (Å²) in [5.74, 6) is -0.0206. The van der Waals surface area contributed by atoms with Crippen molar-refractivity contribution in [1.82, 2.24) is 4.90 Å². The van der Waals surface area contributed by atoms with Gasteiger partial charge in [0.1, 0.15) is 0 Å². The highest BCUT2D eigenvalue weighted by Crippen LogP contribution is 2.19. The first kappa shape index (κ1) is 14.9. The Hall–Kier alpha value is -2.98. The van der Waals surface area contributed by atoms with Crippen LogP contribution in [0.15, 0.2) is 59.7 Å². The van der Waals surface area contributed by atoms with Crippen molar-refractivity contribution in [3.8, 4) is 0 Å². The Balaban J connectivity index is 1.66. The lowest BCUT2D eigenvalue weighted by molar-refractivity contribution is 0.0747. The van der Waals surface area contributed by atoms with Crippen LogP contribution in [0.2, 0.25) is 0 Å². The summed E-state index contributed by atoms with van der Waals surface area (Å²) in [6.45, 7) is 2.98. The maximum absolute atomic E-state index is 12.6. The molecule has 1 fully saturated rings. The average Bonchev–Trinajstić information content (AvgIpc) is 2.62. The molecule has 0 bridgehead atoms. The number of nitrogens with zero attached hydrogens (tertiary/aromatic N) is 5. The van der Waals surface area contributed by atoms with Gasteiger partial charge in [0.25, 0.3) is 5.91 Å². The molecular weight excluding hydrogens is 290 g/mol. The van der Waals surface area contributed by atoms with Gasteiger partial charge >= 0.3 is 0 Å². The molecule has 1 amide bonds. The van der Waals surface area contributed by atoms with Crippen molar-refractivity contribution in [3.05, 3.63) is 70.6 Å². The van der Waals surface area contributed by atoms with E-state index in [9.17, 15) is 4.79 Å². The lowest BCUT2D eigenvalue weighted by atomic mass is 10.1. The van der Waals surface area contributed by atoms with Gasteiger partial charge in [0.05, 0.1) is 0 Å². The molecule has 3 rings (SSSR count). The number of rotatable bonds is 3. The predicted molar refractivity (Wildman–Crippen MR) is 89.8 cm³/mol. The zero-order valence-electron chi connectivity index (χ0n) is 12.7. The zero-order valence-corrected chi connectivity index (χ0v) is 12.7. The normalized spacial score (nSPS) is 14.3. The fourth-order valence-electron chi connectivity index (χ4n) is 2.74. The van der Waals surface area contributed by atoms with Crippen LogP contribution >= 0.6 is 0 Å². The lowest BCUT2D eigenvalue weighted by Gasteiger charge is -2.36. The minimum Gasteiger partial charge on any atom is -0.368 e. The molecule has 0 aliphatic carbocycles. The molecule has 0 spiro atoms. The summed E-state index contributed by atoms with van der Waals surface area (Å²) in [6.07, 6.45) is 0. The van der Waals surface area contributed by atoms with Crippen LogP contribution in [0.1, 0.15) is 10.4 Å². The molecule has 1 aliphatic heterocycles. The van der Waals surface area contributed by atoms with Gasteiger partial charge in [-0.3, -0.25) is 4.79 Å². The first-order valence-electron chi connectivity index (χ1n) is 7.52. The second kappa shape index (κ2) is 6.85. The largest absolute Gasteiger partial charge is 0.368 e. The molecule has 6 nitrogen and oxygen atoms in total. The molecule has 1 aliphatic rings. The number of carbonyl (C=O) groups is 1. The number of anilines is 1. The monoisotopic (exact) mass is 307 g/mol. The van der Waals surface area contributed by atoms with Crippen LogP contribution in [0.5, 0.6) is 0 Å². The topological polar surface area (TPSA) is 72.3 Å². The third-order valence-electron chi connectivity index (χ3n) is 3.94. The van der Waals surface area contributed by atoms with Crippen molar-refractivity contribution < 1.29 is 4.79 Å². The predicted octanol–water partition coefficient (Wildman–Crippen LogP) is 3.59. The van der Waals surface area contributed by atoms with E-state index in [1.807, 2.05) is 23.1 Å². The van der Waals surface area contributed by atoms with Crippen molar-refractivity contribution in [2.75, 3.05) is 31.1 Å². The molecule has 0 unspecified atom stereocenters. The van der Waals surface area contributed by atoms with Gasteiger partial charge in [-0.1, -0.05) is 35.4 Å². The molecule has 0 atom stereocenters. The van der Waals surface area contributed by atoms with E-state index in [0.717, 1.165) is 13.1 Å². The number of carbonyl (C=O) groups excluding carboxylic acids is 1. The van der Waals surface area contributed by atoms with Crippen LogP contribution in [-0.4, -0.2) is 37.0 Å². The van der Waals surface area contributed by atoms with Gasteiger partial charge in [-0.05, 0) is 29.8 Å². The number of piperazine rings is 1. The third kappa shape index (κ3) is 3.44. The van der Waals surface area contributed by atoms with E-state index in [4.69, 9.17) is 5.53 Å². The molecule has 116 valence electrons. The van der Waals surface area contributed by atoms with Crippen LogP contribution in [0.3, 0.4) is 0 Å². The number of hydrogen-bond donors (Lipinski definition) is 0. The van der Waals surface area contributed by atoms with Gasteiger partial charge in [-0.15, -0.1) is 0 Å². The van der Waals surface area contributed by atoms with E-state index in [2.05, 4.69) is 27.1 Å². The molecule has 0 N–H and O–H groups in total.